The lowest BCUT2D eigenvalue weighted by Crippen LogP contribution is -2.24. The van der Waals surface area contributed by atoms with E-state index in [0.717, 1.165) is 12.3 Å². The van der Waals surface area contributed by atoms with Crippen LogP contribution in [0.5, 0.6) is 0 Å². The highest BCUT2D eigenvalue weighted by Crippen LogP contribution is 2.29. The summed E-state index contributed by atoms with van der Waals surface area (Å²) in [6, 6.07) is 0. The third kappa shape index (κ3) is 3.35. The van der Waals surface area contributed by atoms with E-state index in [4.69, 9.17) is 10.5 Å². The Morgan fingerprint density at radius 1 is 1.62 bits per heavy atom. The number of hydrogen-bond acceptors (Lipinski definition) is 3. The maximum Gasteiger partial charge on any atom is 0.309 e. The van der Waals surface area contributed by atoms with Crippen molar-refractivity contribution >= 4 is 5.97 Å². The summed E-state index contributed by atoms with van der Waals surface area (Å²) in [5, 5.41) is 0. The standard InChI is InChI=1S/C10H19NO2/c1-8(7-11)10(12)13-6-5-9-3-2-4-9/h8-9H,2-7,11H2,1H3. The molecule has 0 amide bonds. The van der Waals surface area contributed by atoms with Crippen LogP contribution in [0.1, 0.15) is 32.6 Å². The molecular weight excluding hydrogens is 166 g/mol. The Morgan fingerprint density at radius 2 is 2.31 bits per heavy atom. The van der Waals surface area contributed by atoms with Gasteiger partial charge >= 0.3 is 5.97 Å². The Hall–Kier alpha value is -0.570. The van der Waals surface area contributed by atoms with Crippen LogP contribution in [0.15, 0.2) is 0 Å². The van der Waals surface area contributed by atoms with Gasteiger partial charge in [-0.1, -0.05) is 26.2 Å². The van der Waals surface area contributed by atoms with Crippen molar-refractivity contribution in [3.8, 4) is 0 Å². The number of nitrogens with two attached hydrogens (primary N) is 1. The Kier molecular flexibility index (Phi) is 4.22. The van der Waals surface area contributed by atoms with Crippen LogP contribution in [-0.2, 0) is 9.53 Å². The van der Waals surface area contributed by atoms with Crippen molar-refractivity contribution in [2.45, 2.75) is 32.6 Å². The number of rotatable bonds is 5. The first-order chi connectivity index (χ1) is 6.24. The number of ether oxygens (including phenoxy) is 1. The summed E-state index contributed by atoms with van der Waals surface area (Å²) < 4.78 is 5.08. The van der Waals surface area contributed by atoms with Crippen LogP contribution in [0.4, 0.5) is 0 Å². The van der Waals surface area contributed by atoms with Crippen LogP contribution < -0.4 is 5.73 Å². The van der Waals surface area contributed by atoms with Crippen LogP contribution in [0.2, 0.25) is 0 Å². The number of carbonyl (C=O) groups excluding carboxylic acids is 1. The van der Waals surface area contributed by atoms with Gasteiger partial charge in [-0.25, -0.2) is 0 Å². The van der Waals surface area contributed by atoms with E-state index in [9.17, 15) is 4.79 Å². The van der Waals surface area contributed by atoms with Crippen LogP contribution in [0, 0.1) is 11.8 Å². The molecule has 1 aliphatic carbocycles. The number of hydrogen-bond donors (Lipinski definition) is 1. The third-order valence-electron chi connectivity index (χ3n) is 2.75. The fourth-order valence-electron chi connectivity index (χ4n) is 1.35. The fraction of sp³-hybridized carbons (Fsp3) is 0.900. The highest BCUT2D eigenvalue weighted by atomic mass is 16.5. The van der Waals surface area contributed by atoms with E-state index >= 15 is 0 Å². The van der Waals surface area contributed by atoms with Crippen LogP contribution >= 0.6 is 0 Å². The molecule has 0 aromatic rings. The summed E-state index contributed by atoms with van der Waals surface area (Å²) in [7, 11) is 0. The first-order valence-corrected chi connectivity index (χ1v) is 5.10. The molecule has 0 heterocycles. The first-order valence-electron chi connectivity index (χ1n) is 5.10. The number of esters is 1. The predicted octanol–water partition coefficient (Wildman–Crippen LogP) is 1.31. The lowest BCUT2D eigenvalue weighted by molar-refractivity contribution is -0.148. The minimum Gasteiger partial charge on any atom is -0.465 e. The topological polar surface area (TPSA) is 52.3 Å². The second-order valence-corrected chi connectivity index (χ2v) is 3.89. The van der Waals surface area contributed by atoms with Gasteiger partial charge in [0, 0.05) is 6.54 Å². The van der Waals surface area contributed by atoms with Gasteiger partial charge in [-0.05, 0) is 12.3 Å². The first kappa shape index (κ1) is 10.5. The molecule has 3 nitrogen and oxygen atoms in total. The van der Waals surface area contributed by atoms with Crippen LogP contribution in [0.3, 0.4) is 0 Å². The summed E-state index contributed by atoms with van der Waals surface area (Å²) in [6.45, 7) is 2.75. The maximum absolute atomic E-state index is 11.2. The van der Waals surface area contributed by atoms with E-state index in [1.165, 1.54) is 19.3 Å². The van der Waals surface area contributed by atoms with Gasteiger partial charge in [0.1, 0.15) is 0 Å². The van der Waals surface area contributed by atoms with Crippen molar-refractivity contribution in [1.29, 1.82) is 0 Å². The Morgan fingerprint density at radius 3 is 2.77 bits per heavy atom. The zero-order valence-corrected chi connectivity index (χ0v) is 8.29. The summed E-state index contributed by atoms with van der Waals surface area (Å²) in [6.07, 6.45) is 4.99. The van der Waals surface area contributed by atoms with Crippen molar-refractivity contribution in [2.75, 3.05) is 13.2 Å². The van der Waals surface area contributed by atoms with Crippen molar-refractivity contribution in [3.63, 3.8) is 0 Å². The van der Waals surface area contributed by atoms with E-state index in [0.29, 0.717) is 13.2 Å². The molecule has 0 aromatic heterocycles. The van der Waals surface area contributed by atoms with Gasteiger partial charge < -0.3 is 10.5 Å². The molecule has 0 saturated heterocycles. The van der Waals surface area contributed by atoms with E-state index in [-0.39, 0.29) is 11.9 Å². The predicted molar refractivity (Wildman–Crippen MR) is 51.1 cm³/mol. The van der Waals surface area contributed by atoms with E-state index in [1.54, 1.807) is 6.92 Å². The Labute approximate surface area is 79.6 Å². The molecule has 1 unspecified atom stereocenters. The average Bonchev–Trinajstić information content (AvgIpc) is 2.07. The lowest BCUT2D eigenvalue weighted by atomic mass is 9.83. The fourth-order valence-corrected chi connectivity index (χ4v) is 1.35. The third-order valence-corrected chi connectivity index (χ3v) is 2.75. The van der Waals surface area contributed by atoms with E-state index in [1.807, 2.05) is 0 Å². The highest BCUT2D eigenvalue weighted by molar-refractivity contribution is 5.72. The van der Waals surface area contributed by atoms with Crippen molar-refractivity contribution in [3.05, 3.63) is 0 Å². The van der Waals surface area contributed by atoms with Gasteiger partial charge in [0.25, 0.3) is 0 Å². The van der Waals surface area contributed by atoms with E-state index in [2.05, 4.69) is 0 Å². The molecule has 1 aliphatic rings. The minimum atomic E-state index is -0.151. The van der Waals surface area contributed by atoms with Gasteiger partial charge in [-0.3, -0.25) is 4.79 Å². The molecule has 1 atom stereocenters. The molecule has 1 fully saturated rings. The summed E-state index contributed by atoms with van der Waals surface area (Å²) in [5.41, 5.74) is 5.34. The molecule has 0 radical (unpaired) electrons. The highest BCUT2D eigenvalue weighted by Gasteiger charge is 2.18. The molecular formula is C10H19NO2. The second kappa shape index (κ2) is 5.22. The molecule has 0 aliphatic heterocycles. The molecule has 13 heavy (non-hydrogen) atoms. The smallest absolute Gasteiger partial charge is 0.309 e. The SMILES string of the molecule is CC(CN)C(=O)OCCC1CCC1. The Bertz CT molecular complexity index is 166. The summed E-state index contributed by atoms with van der Waals surface area (Å²) in [5.74, 6) is 0.504. The molecule has 2 N–H and O–H groups in total. The molecule has 0 bridgehead atoms. The zero-order valence-electron chi connectivity index (χ0n) is 8.29. The molecule has 1 saturated carbocycles. The van der Waals surface area contributed by atoms with Crippen molar-refractivity contribution in [2.24, 2.45) is 17.6 Å². The Balaban J connectivity index is 2.00. The second-order valence-electron chi connectivity index (χ2n) is 3.89. The normalized spacial score (nSPS) is 19.2. The maximum atomic E-state index is 11.2. The minimum absolute atomic E-state index is 0.151. The van der Waals surface area contributed by atoms with Crippen molar-refractivity contribution < 1.29 is 9.53 Å². The molecule has 76 valence electrons. The van der Waals surface area contributed by atoms with Crippen molar-refractivity contribution in [1.82, 2.24) is 0 Å². The molecule has 1 rings (SSSR count). The number of carbonyl (C=O) groups is 1. The van der Waals surface area contributed by atoms with Gasteiger partial charge in [-0.15, -0.1) is 0 Å². The quantitative estimate of drug-likeness (QED) is 0.657. The molecule has 0 spiro atoms. The summed E-state index contributed by atoms with van der Waals surface area (Å²) >= 11 is 0. The van der Waals surface area contributed by atoms with Gasteiger partial charge in [0.15, 0.2) is 0 Å². The monoisotopic (exact) mass is 185 g/mol. The molecule has 3 heteroatoms. The van der Waals surface area contributed by atoms with Crippen LogP contribution in [0.25, 0.3) is 0 Å². The average molecular weight is 185 g/mol. The van der Waals surface area contributed by atoms with Gasteiger partial charge in [-0.2, -0.15) is 0 Å². The van der Waals surface area contributed by atoms with Crippen LogP contribution in [-0.4, -0.2) is 19.1 Å². The molecule has 0 aromatic carbocycles. The summed E-state index contributed by atoms with van der Waals surface area (Å²) in [4.78, 5) is 11.2. The lowest BCUT2D eigenvalue weighted by Gasteiger charge is -2.24. The van der Waals surface area contributed by atoms with Gasteiger partial charge in [0.05, 0.1) is 12.5 Å². The van der Waals surface area contributed by atoms with E-state index < -0.39 is 0 Å². The zero-order chi connectivity index (χ0) is 9.68. The largest absolute Gasteiger partial charge is 0.465 e. The van der Waals surface area contributed by atoms with Gasteiger partial charge in [0.2, 0.25) is 0 Å².